The van der Waals surface area contributed by atoms with Crippen molar-refractivity contribution in [2.45, 2.75) is 40.0 Å². The van der Waals surface area contributed by atoms with Crippen molar-refractivity contribution < 1.29 is 43.7 Å². The molecule has 3 N–H and O–H groups in total. The molecule has 9 nitrogen and oxygen atoms in total. The second-order valence-corrected chi connectivity index (χ2v) is 13.9. The van der Waals surface area contributed by atoms with E-state index in [-0.39, 0.29) is 74.2 Å². The summed E-state index contributed by atoms with van der Waals surface area (Å²) in [6, 6.07) is 0. The third-order valence-electron chi connectivity index (χ3n) is 3.42. The largest absolute Gasteiger partial charge is 3.00 e. The molecule has 0 spiro atoms. The van der Waals surface area contributed by atoms with E-state index in [1.807, 2.05) is 0 Å². The summed E-state index contributed by atoms with van der Waals surface area (Å²) in [4.78, 5) is 32.0. The van der Waals surface area contributed by atoms with Gasteiger partial charge in [-0.1, -0.05) is 20.8 Å². The normalized spacial score (nSPS) is 16.6. The second-order valence-electron chi connectivity index (χ2n) is 5.79. The Morgan fingerprint density at radius 3 is 0.857 bits per heavy atom. The minimum Gasteiger partial charge on any atom is -0.799 e. The molecule has 0 saturated heterocycles. The Labute approximate surface area is 180 Å². The fourth-order valence-corrected chi connectivity index (χ4v) is 4.23. The van der Waals surface area contributed by atoms with Crippen LogP contribution in [0.3, 0.4) is 0 Å². The number of aliphatic hydroxyl groups is 3. The standard InChI is InChI=1S/3C5H13O3P.Al/c3*1-2-9(7,8)5-3-4-6;/h3*6H,2-5H2,1H3,(H,7,8);/q;;;+3/p-3. The predicted octanol–water partition coefficient (Wildman–Crippen LogP) is -0.299. The summed E-state index contributed by atoms with van der Waals surface area (Å²) in [7, 11) is -9.30. The Bertz CT molecular complexity index is 411. The minimum atomic E-state index is -3.10. The first kappa shape index (κ1) is 36.4. The van der Waals surface area contributed by atoms with Crippen LogP contribution in [0, 0.1) is 0 Å². The molecule has 0 aliphatic carbocycles. The summed E-state index contributed by atoms with van der Waals surface area (Å²) in [6.45, 7) is 4.74. The molecule has 0 aliphatic rings. The molecule has 0 heterocycles. The molecule has 0 saturated carbocycles. The monoisotopic (exact) mass is 480 g/mol. The molecule has 3 atom stereocenters. The molecule has 0 aliphatic heterocycles. The zero-order valence-corrected chi connectivity index (χ0v) is 21.0. The Balaban J connectivity index is -0.000000152. The average Bonchev–Trinajstić information content (AvgIpc) is 2.64. The van der Waals surface area contributed by atoms with Gasteiger partial charge in [-0.2, -0.15) is 0 Å². The maximum atomic E-state index is 10.7. The molecule has 0 aromatic rings. The quantitative estimate of drug-likeness (QED) is 0.250. The molecule has 0 amide bonds. The first-order chi connectivity index (χ1) is 12.4. The van der Waals surface area contributed by atoms with Crippen molar-refractivity contribution in [2.24, 2.45) is 0 Å². The minimum absolute atomic E-state index is 0. The average molecular weight is 480 g/mol. The molecular weight excluding hydrogens is 444 g/mol. The molecule has 0 aromatic carbocycles. The summed E-state index contributed by atoms with van der Waals surface area (Å²) in [5, 5.41) is 24.8. The first-order valence-corrected chi connectivity index (χ1v) is 15.0. The van der Waals surface area contributed by atoms with E-state index in [9.17, 15) is 28.4 Å². The van der Waals surface area contributed by atoms with Crippen molar-refractivity contribution in [1.82, 2.24) is 0 Å². The van der Waals surface area contributed by atoms with Gasteiger partial charge in [0.25, 0.3) is 0 Å². The fourth-order valence-electron chi connectivity index (χ4n) is 1.41. The number of hydrogen-bond acceptors (Lipinski definition) is 9. The van der Waals surface area contributed by atoms with Crippen LogP contribution in [0.1, 0.15) is 40.0 Å². The van der Waals surface area contributed by atoms with Gasteiger partial charge < -0.3 is 43.7 Å². The summed E-state index contributed by atoms with van der Waals surface area (Å²) >= 11 is 0. The Morgan fingerprint density at radius 2 is 0.750 bits per heavy atom. The van der Waals surface area contributed by atoms with Gasteiger partial charge in [-0.05, 0) is 56.2 Å². The van der Waals surface area contributed by atoms with Gasteiger partial charge in [0.1, 0.15) is 0 Å². The van der Waals surface area contributed by atoms with Gasteiger partial charge in [-0.25, -0.2) is 0 Å². The molecule has 0 radical (unpaired) electrons. The van der Waals surface area contributed by atoms with Crippen molar-refractivity contribution in [3.63, 3.8) is 0 Å². The molecule has 0 bridgehead atoms. The van der Waals surface area contributed by atoms with E-state index in [0.29, 0.717) is 19.3 Å². The van der Waals surface area contributed by atoms with Gasteiger partial charge in [0.2, 0.25) is 0 Å². The van der Waals surface area contributed by atoms with Gasteiger partial charge in [-0.3, -0.25) is 0 Å². The van der Waals surface area contributed by atoms with Crippen LogP contribution in [0.25, 0.3) is 0 Å². The Kier molecular flexibility index (Phi) is 27.6. The van der Waals surface area contributed by atoms with Gasteiger partial charge >= 0.3 is 17.4 Å². The van der Waals surface area contributed by atoms with Crippen LogP contribution in [0.4, 0.5) is 0 Å². The molecule has 28 heavy (non-hydrogen) atoms. The van der Waals surface area contributed by atoms with E-state index in [1.54, 1.807) is 20.8 Å². The van der Waals surface area contributed by atoms with E-state index >= 15 is 0 Å². The zero-order chi connectivity index (χ0) is 22.0. The van der Waals surface area contributed by atoms with E-state index in [2.05, 4.69) is 0 Å². The number of aliphatic hydroxyl groups excluding tert-OH is 3. The van der Waals surface area contributed by atoms with Crippen LogP contribution < -0.4 is 14.7 Å². The molecule has 0 aromatic heterocycles. The van der Waals surface area contributed by atoms with Crippen LogP contribution in [-0.2, 0) is 13.7 Å². The van der Waals surface area contributed by atoms with Gasteiger partial charge in [0.15, 0.2) is 0 Å². The second kappa shape index (κ2) is 21.2. The first-order valence-electron chi connectivity index (χ1n) is 9.06. The van der Waals surface area contributed by atoms with Crippen LogP contribution in [-0.4, -0.2) is 89.5 Å². The van der Waals surface area contributed by atoms with Crippen LogP contribution in [0.2, 0.25) is 0 Å². The van der Waals surface area contributed by atoms with Crippen LogP contribution >= 0.6 is 22.1 Å². The third kappa shape index (κ3) is 29.2. The molecular formula is C15H36AlO9P3. The molecule has 13 heteroatoms. The topological polar surface area (TPSA) is 181 Å². The molecule has 0 fully saturated rings. The van der Waals surface area contributed by atoms with Crippen molar-refractivity contribution in [3.8, 4) is 0 Å². The number of rotatable bonds is 12. The summed E-state index contributed by atoms with van der Waals surface area (Å²) < 4.78 is 32.0. The van der Waals surface area contributed by atoms with Crippen molar-refractivity contribution >= 4 is 39.5 Å². The third-order valence-corrected chi connectivity index (χ3v) is 9.30. The van der Waals surface area contributed by atoms with Crippen LogP contribution in [0.5, 0.6) is 0 Å². The van der Waals surface area contributed by atoms with E-state index in [1.165, 1.54) is 0 Å². The van der Waals surface area contributed by atoms with E-state index < -0.39 is 22.1 Å². The Hall–Kier alpha value is 0.982. The smallest absolute Gasteiger partial charge is 0.799 e. The Morgan fingerprint density at radius 1 is 0.571 bits per heavy atom. The van der Waals surface area contributed by atoms with E-state index in [0.717, 1.165) is 0 Å². The van der Waals surface area contributed by atoms with Crippen molar-refractivity contribution in [3.05, 3.63) is 0 Å². The van der Waals surface area contributed by atoms with Gasteiger partial charge in [0, 0.05) is 41.9 Å². The van der Waals surface area contributed by atoms with Crippen molar-refractivity contribution in [2.75, 3.05) is 56.8 Å². The van der Waals surface area contributed by atoms with Crippen LogP contribution in [0.15, 0.2) is 0 Å². The molecule has 3 unspecified atom stereocenters. The summed E-state index contributed by atoms with van der Waals surface area (Å²) in [5.41, 5.74) is 0. The van der Waals surface area contributed by atoms with E-state index in [4.69, 9.17) is 15.3 Å². The van der Waals surface area contributed by atoms with Gasteiger partial charge in [0.05, 0.1) is 0 Å². The zero-order valence-electron chi connectivity index (χ0n) is 17.2. The molecule has 0 rings (SSSR count). The summed E-state index contributed by atoms with van der Waals surface area (Å²) in [5.74, 6) is 0. The molecule has 168 valence electrons. The van der Waals surface area contributed by atoms with Gasteiger partial charge in [-0.15, -0.1) is 0 Å². The van der Waals surface area contributed by atoms with Crippen molar-refractivity contribution in [1.29, 1.82) is 0 Å². The maximum Gasteiger partial charge on any atom is 3.00 e. The summed E-state index contributed by atoms with van der Waals surface area (Å²) in [6.07, 6.45) is 2.13. The number of hydrogen-bond donors (Lipinski definition) is 3. The predicted molar refractivity (Wildman–Crippen MR) is 110 cm³/mol. The fraction of sp³-hybridized carbons (Fsp3) is 1.00. The SMILES string of the molecule is CCP(=O)([O-])CCCO.CCP(=O)([O-])CCCO.CCP(=O)([O-])CCCO.[Al+3]. The maximum absolute atomic E-state index is 10.7.